The molecule has 1 aromatic carbocycles. The van der Waals surface area contributed by atoms with Gasteiger partial charge in [0, 0.05) is 6.54 Å². The van der Waals surface area contributed by atoms with Gasteiger partial charge in [-0.1, -0.05) is 35.1 Å². The first-order valence-corrected chi connectivity index (χ1v) is 7.68. The van der Waals surface area contributed by atoms with Crippen LogP contribution in [-0.2, 0) is 4.79 Å². The second kappa shape index (κ2) is 5.91. The molecule has 0 unspecified atom stereocenters. The zero-order valence-electron chi connectivity index (χ0n) is 11.2. The number of carbonyl (C=O) groups is 1. The van der Waals surface area contributed by atoms with E-state index in [0.717, 1.165) is 11.3 Å². The molecule has 0 bridgehead atoms. The molecule has 1 fully saturated rings. The Morgan fingerprint density at radius 3 is 2.95 bits per heavy atom. The van der Waals surface area contributed by atoms with E-state index in [1.54, 1.807) is 18.2 Å². The number of para-hydroxylation sites is 1. The first-order chi connectivity index (χ1) is 10.6. The third-order valence-electron chi connectivity index (χ3n) is 3.33. The summed E-state index contributed by atoms with van der Waals surface area (Å²) in [6.45, 7) is 0.418. The van der Waals surface area contributed by atoms with Crippen LogP contribution in [-0.4, -0.2) is 23.5 Å². The lowest BCUT2D eigenvalue weighted by Gasteiger charge is -2.17. The summed E-state index contributed by atoms with van der Waals surface area (Å²) in [5.74, 6) is -0.657. The van der Waals surface area contributed by atoms with Gasteiger partial charge in [0.2, 0.25) is 5.91 Å². The fourth-order valence-electron chi connectivity index (χ4n) is 2.30. The van der Waals surface area contributed by atoms with Crippen LogP contribution in [0.25, 0.3) is 0 Å². The highest BCUT2D eigenvalue weighted by molar-refractivity contribution is 7.16. The molecule has 1 atom stereocenters. The summed E-state index contributed by atoms with van der Waals surface area (Å²) in [7, 11) is 0. The van der Waals surface area contributed by atoms with Crippen LogP contribution in [0.4, 0.5) is 15.2 Å². The van der Waals surface area contributed by atoms with Crippen LogP contribution in [0.1, 0.15) is 11.3 Å². The zero-order valence-corrected chi connectivity index (χ0v) is 12.8. The minimum absolute atomic E-state index is 0.117. The number of nitrogens with zero attached hydrogens (tertiary/aromatic N) is 3. The van der Waals surface area contributed by atoms with E-state index < -0.39 is 11.9 Å². The van der Waals surface area contributed by atoms with Gasteiger partial charge in [-0.2, -0.15) is 5.26 Å². The number of nitriles is 1. The maximum Gasteiger partial charge on any atom is 0.249 e. The summed E-state index contributed by atoms with van der Waals surface area (Å²) in [6.07, 6.45) is 0.520. The molecular weight excluding hydrogens is 327 g/mol. The van der Waals surface area contributed by atoms with Crippen molar-refractivity contribution in [3.8, 4) is 6.07 Å². The minimum Gasteiger partial charge on any atom is -0.350 e. The van der Waals surface area contributed by atoms with E-state index in [1.165, 1.54) is 11.0 Å². The summed E-state index contributed by atoms with van der Waals surface area (Å²) < 4.78 is 13.8. The second-order valence-electron chi connectivity index (χ2n) is 4.68. The third kappa shape index (κ3) is 2.63. The maximum atomic E-state index is 13.8. The highest BCUT2D eigenvalue weighted by atomic mass is 35.5. The van der Waals surface area contributed by atoms with Crippen molar-refractivity contribution in [1.82, 2.24) is 4.98 Å². The highest BCUT2D eigenvalue weighted by Crippen LogP contribution is 2.29. The molecule has 8 heteroatoms. The van der Waals surface area contributed by atoms with Gasteiger partial charge in [-0.3, -0.25) is 4.79 Å². The van der Waals surface area contributed by atoms with Crippen molar-refractivity contribution in [2.45, 2.75) is 12.5 Å². The van der Waals surface area contributed by atoms with E-state index in [4.69, 9.17) is 16.9 Å². The van der Waals surface area contributed by atoms with Crippen molar-refractivity contribution in [1.29, 1.82) is 5.26 Å². The van der Waals surface area contributed by atoms with Gasteiger partial charge in [-0.25, -0.2) is 9.37 Å². The second-order valence-corrected chi connectivity index (χ2v) is 6.03. The third-order valence-corrected chi connectivity index (χ3v) is 4.61. The Morgan fingerprint density at radius 1 is 1.50 bits per heavy atom. The van der Waals surface area contributed by atoms with E-state index in [9.17, 15) is 9.18 Å². The van der Waals surface area contributed by atoms with Crippen LogP contribution < -0.4 is 10.2 Å². The molecule has 1 aromatic heterocycles. The maximum absolute atomic E-state index is 13.8. The van der Waals surface area contributed by atoms with Gasteiger partial charge in [0.05, 0.1) is 5.69 Å². The largest absolute Gasteiger partial charge is 0.350 e. The van der Waals surface area contributed by atoms with E-state index in [1.807, 2.05) is 6.07 Å². The van der Waals surface area contributed by atoms with Crippen LogP contribution in [0.3, 0.4) is 0 Å². The number of thiazole rings is 1. The number of hydrogen-bond donors (Lipinski definition) is 1. The van der Waals surface area contributed by atoms with Crippen LogP contribution >= 0.6 is 22.9 Å². The number of carbonyl (C=O) groups excluding carboxylic acids is 1. The Balaban J connectivity index is 1.77. The number of aromatic nitrogens is 1. The lowest BCUT2D eigenvalue weighted by molar-refractivity contribution is -0.117. The summed E-state index contributed by atoms with van der Waals surface area (Å²) in [5.41, 5.74) is 0.270. The summed E-state index contributed by atoms with van der Waals surface area (Å²) in [6, 6.07) is 7.59. The van der Waals surface area contributed by atoms with Crippen molar-refractivity contribution in [3.63, 3.8) is 0 Å². The number of hydrogen-bond acceptors (Lipinski definition) is 5. The van der Waals surface area contributed by atoms with Gasteiger partial charge >= 0.3 is 0 Å². The minimum atomic E-state index is -0.506. The number of anilines is 2. The van der Waals surface area contributed by atoms with E-state index in [-0.39, 0.29) is 16.7 Å². The standard InChI is InChI=1S/C14H10ClFN4OS/c15-12-11(7-17)22-14(19-12)18-9-5-6-20(13(9)21)10-4-2-1-3-8(10)16/h1-4,9H,5-6H2,(H,18,19)/t9-/m1/s1. The molecule has 1 N–H and O–H groups in total. The smallest absolute Gasteiger partial charge is 0.249 e. The van der Waals surface area contributed by atoms with Crippen molar-refractivity contribution in [3.05, 3.63) is 40.1 Å². The van der Waals surface area contributed by atoms with Gasteiger partial charge in [-0.15, -0.1) is 0 Å². The Labute approximate surface area is 134 Å². The first kappa shape index (κ1) is 14.8. The number of rotatable bonds is 3. The molecule has 0 spiro atoms. The zero-order chi connectivity index (χ0) is 15.7. The SMILES string of the molecule is N#Cc1sc(N[C@@H]2CCN(c3ccccc3F)C2=O)nc1Cl. The van der Waals surface area contributed by atoms with Gasteiger partial charge in [-0.05, 0) is 18.6 Å². The Hall–Kier alpha value is -2.17. The van der Waals surface area contributed by atoms with Gasteiger partial charge < -0.3 is 10.2 Å². The molecule has 1 saturated heterocycles. The molecule has 2 aromatic rings. The Kier molecular flexibility index (Phi) is 3.96. The van der Waals surface area contributed by atoms with Gasteiger partial charge in [0.15, 0.2) is 10.3 Å². The van der Waals surface area contributed by atoms with Crippen LogP contribution in [0.15, 0.2) is 24.3 Å². The summed E-state index contributed by atoms with van der Waals surface area (Å²) in [4.78, 5) is 18.1. The summed E-state index contributed by atoms with van der Waals surface area (Å²) >= 11 is 6.89. The predicted molar refractivity (Wildman–Crippen MR) is 82.6 cm³/mol. The summed E-state index contributed by atoms with van der Waals surface area (Å²) in [5, 5.41) is 12.4. The monoisotopic (exact) mass is 336 g/mol. The van der Waals surface area contributed by atoms with Crippen molar-refractivity contribution < 1.29 is 9.18 Å². The molecule has 3 rings (SSSR count). The first-order valence-electron chi connectivity index (χ1n) is 6.49. The average Bonchev–Trinajstić information content (AvgIpc) is 3.04. The molecule has 0 radical (unpaired) electrons. The predicted octanol–water partition coefficient (Wildman–Crippen LogP) is 3.02. The fraction of sp³-hybridized carbons (Fsp3) is 0.214. The lowest BCUT2D eigenvalue weighted by atomic mass is 10.2. The molecule has 2 heterocycles. The molecular formula is C14H10ClFN4OS. The van der Waals surface area contributed by atoms with Crippen molar-refractivity contribution >= 4 is 39.7 Å². The molecule has 1 amide bonds. The number of benzene rings is 1. The topological polar surface area (TPSA) is 69.0 Å². The normalized spacial score (nSPS) is 17.6. The molecule has 1 aliphatic rings. The molecule has 5 nitrogen and oxygen atoms in total. The van der Waals surface area contributed by atoms with Crippen molar-refractivity contribution in [2.75, 3.05) is 16.8 Å². The van der Waals surface area contributed by atoms with Gasteiger partial charge in [0.1, 0.15) is 22.8 Å². The van der Waals surface area contributed by atoms with Gasteiger partial charge in [0.25, 0.3) is 0 Å². The molecule has 0 aliphatic carbocycles. The number of amides is 1. The van der Waals surface area contributed by atoms with Crippen molar-refractivity contribution in [2.24, 2.45) is 0 Å². The number of nitrogens with one attached hydrogen (secondary N) is 1. The Bertz CT molecular complexity index is 772. The van der Waals surface area contributed by atoms with Crippen LogP contribution in [0, 0.1) is 17.1 Å². The number of halogens is 2. The molecule has 112 valence electrons. The molecule has 0 saturated carbocycles. The van der Waals surface area contributed by atoms with E-state index in [0.29, 0.717) is 23.0 Å². The van der Waals surface area contributed by atoms with E-state index >= 15 is 0 Å². The fourth-order valence-corrected chi connectivity index (χ4v) is 3.30. The quantitative estimate of drug-likeness (QED) is 0.935. The molecule has 1 aliphatic heterocycles. The average molecular weight is 337 g/mol. The van der Waals surface area contributed by atoms with E-state index in [2.05, 4.69) is 10.3 Å². The Morgan fingerprint density at radius 2 is 2.27 bits per heavy atom. The molecule has 22 heavy (non-hydrogen) atoms. The highest BCUT2D eigenvalue weighted by Gasteiger charge is 2.34. The van der Waals surface area contributed by atoms with Crippen LogP contribution in [0.5, 0.6) is 0 Å². The lowest BCUT2D eigenvalue weighted by Crippen LogP contribution is -2.33. The van der Waals surface area contributed by atoms with Crippen LogP contribution in [0.2, 0.25) is 5.15 Å².